The van der Waals surface area contributed by atoms with E-state index in [0.717, 1.165) is 0 Å². The fourth-order valence-electron chi connectivity index (χ4n) is 0.610. The van der Waals surface area contributed by atoms with Crippen molar-refractivity contribution in [2.24, 2.45) is 16.1 Å². The van der Waals surface area contributed by atoms with Crippen molar-refractivity contribution >= 4 is 5.84 Å². The maximum Gasteiger partial charge on any atom is 0.144 e. The predicted molar refractivity (Wildman–Crippen MR) is 53.5 cm³/mol. The van der Waals surface area contributed by atoms with Crippen molar-refractivity contribution < 1.29 is 10.2 Å². The number of nitrogens with two attached hydrogens (primary N) is 1. The lowest BCUT2D eigenvalue weighted by Crippen LogP contribution is -2.17. The molecule has 0 heterocycles. The Hall–Kier alpha value is -1.03. The van der Waals surface area contributed by atoms with E-state index in [1.807, 2.05) is 20.8 Å². The van der Waals surface area contributed by atoms with Gasteiger partial charge in [0.05, 0.1) is 0 Å². The molecule has 1 unspecified atom stereocenters. The minimum absolute atomic E-state index is 0.127. The number of hydrogen-bond acceptors (Lipinski definition) is 3. The zero-order valence-corrected chi connectivity index (χ0v) is 8.57. The molecule has 0 aliphatic carbocycles. The topological polar surface area (TPSA) is 78.8 Å². The Morgan fingerprint density at radius 3 is 2.23 bits per heavy atom. The van der Waals surface area contributed by atoms with Crippen LogP contribution in [0.2, 0.25) is 0 Å². The van der Waals surface area contributed by atoms with Crippen LogP contribution in [-0.4, -0.2) is 22.3 Å². The molecule has 0 spiro atoms. The highest BCUT2D eigenvalue weighted by molar-refractivity contribution is 5.91. The van der Waals surface area contributed by atoms with Gasteiger partial charge in [0.1, 0.15) is 17.8 Å². The second-order valence-electron chi connectivity index (χ2n) is 3.97. The van der Waals surface area contributed by atoms with Crippen molar-refractivity contribution in [3.8, 4) is 0 Å². The predicted octanol–water partition coefficient (Wildman–Crippen LogP) is 1.17. The van der Waals surface area contributed by atoms with Gasteiger partial charge in [-0.05, 0) is 6.92 Å². The molecule has 0 aromatic heterocycles. The number of aliphatic imine (C=N–C) groups is 1. The summed E-state index contributed by atoms with van der Waals surface area (Å²) in [6.07, 6.45) is 0.510. The minimum atomic E-state index is -0.844. The SMILES string of the molecule is CC(O)/N=C(N)\C=C(/O)C(C)(C)C. The van der Waals surface area contributed by atoms with Gasteiger partial charge in [-0.15, -0.1) is 0 Å². The summed E-state index contributed by atoms with van der Waals surface area (Å²) in [7, 11) is 0. The number of amidine groups is 1. The maximum atomic E-state index is 9.49. The second kappa shape index (κ2) is 4.28. The monoisotopic (exact) mass is 186 g/mol. The highest BCUT2D eigenvalue weighted by Crippen LogP contribution is 2.21. The lowest BCUT2D eigenvalue weighted by atomic mass is 9.93. The van der Waals surface area contributed by atoms with Crippen molar-refractivity contribution in [2.75, 3.05) is 0 Å². The van der Waals surface area contributed by atoms with Crippen LogP contribution >= 0.6 is 0 Å². The molecule has 1 atom stereocenters. The van der Waals surface area contributed by atoms with Gasteiger partial charge in [0, 0.05) is 11.5 Å². The number of aliphatic hydroxyl groups is 2. The van der Waals surface area contributed by atoms with Crippen LogP contribution in [0.5, 0.6) is 0 Å². The minimum Gasteiger partial charge on any atom is -0.512 e. The van der Waals surface area contributed by atoms with E-state index in [-0.39, 0.29) is 17.0 Å². The van der Waals surface area contributed by atoms with Gasteiger partial charge in [0.15, 0.2) is 0 Å². The van der Waals surface area contributed by atoms with E-state index in [1.165, 1.54) is 13.0 Å². The Morgan fingerprint density at radius 2 is 1.92 bits per heavy atom. The standard InChI is InChI=1S/C9H18N2O2/c1-6(12)11-8(10)5-7(13)9(2,3)4/h5-6,12-13H,1-4H3,(H2,10,11)/b7-5-. The van der Waals surface area contributed by atoms with Gasteiger partial charge in [-0.25, -0.2) is 4.99 Å². The van der Waals surface area contributed by atoms with Crippen molar-refractivity contribution in [2.45, 2.75) is 33.9 Å². The molecule has 4 nitrogen and oxygen atoms in total. The lowest BCUT2D eigenvalue weighted by Gasteiger charge is -2.16. The van der Waals surface area contributed by atoms with Crippen molar-refractivity contribution in [3.63, 3.8) is 0 Å². The van der Waals surface area contributed by atoms with Crippen LogP contribution in [-0.2, 0) is 0 Å². The molecule has 0 saturated carbocycles. The van der Waals surface area contributed by atoms with Gasteiger partial charge in [-0.2, -0.15) is 0 Å². The summed E-state index contributed by atoms with van der Waals surface area (Å²) >= 11 is 0. The Morgan fingerprint density at radius 1 is 1.46 bits per heavy atom. The van der Waals surface area contributed by atoms with Crippen molar-refractivity contribution in [1.82, 2.24) is 0 Å². The summed E-state index contributed by atoms with van der Waals surface area (Å²) in [6, 6.07) is 0. The van der Waals surface area contributed by atoms with Gasteiger partial charge in [0.2, 0.25) is 0 Å². The summed E-state index contributed by atoms with van der Waals surface area (Å²) in [5.74, 6) is 0.275. The van der Waals surface area contributed by atoms with Gasteiger partial charge in [-0.3, -0.25) is 0 Å². The highest BCUT2D eigenvalue weighted by atomic mass is 16.3. The third-order valence-corrected chi connectivity index (χ3v) is 1.39. The summed E-state index contributed by atoms with van der Waals surface area (Å²) in [5.41, 5.74) is 5.08. The average molecular weight is 186 g/mol. The molecule has 0 amide bonds. The van der Waals surface area contributed by atoms with E-state index in [1.54, 1.807) is 0 Å². The summed E-state index contributed by atoms with van der Waals surface area (Å²) in [6.45, 7) is 7.06. The van der Waals surface area contributed by atoms with Crippen molar-refractivity contribution in [1.29, 1.82) is 0 Å². The fourth-order valence-corrected chi connectivity index (χ4v) is 0.610. The summed E-state index contributed by atoms with van der Waals surface area (Å²) in [4.78, 5) is 3.64. The molecule has 0 saturated heterocycles. The molecule has 0 bridgehead atoms. The highest BCUT2D eigenvalue weighted by Gasteiger charge is 2.15. The zero-order chi connectivity index (χ0) is 10.6. The van der Waals surface area contributed by atoms with Crippen LogP contribution in [0.25, 0.3) is 0 Å². The second-order valence-corrected chi connectivity index (χ2v) is 3.97. The third-order valence-electron chi connectivity index (χ3n) is 1.39. The van der Waals surface area contributed by atoms with Crippen LogP contribution in [0.4, 0.5) is 0 Å². The Balaban J connectivity index is 4.58. The number of aliphatic hydroxyl groups excluding tert-OH is 2. The first-order chi connectivity index (χ1) is 5.73. The zero-order valence-electron chi connectivity index (χ0n) is 8.57. The number of nitrogens with zero attached hydrogens (tertiary/aromatic N) is 1. The van der Waals surface area contributed by atoms with E-state index in [2.05, 4.69) is 4.99 Å². The van der Waals surface area contributed by atoms with E-state index >= 15 is 0 Å². The molecule has 13 heavy (non-hydrogen) atoms. The van der Waals surface area contributed by atoms with Crippen LogP contribution in [0.1, 0.15) is 27.7 Å². The van der Waals surface area contributed by atoms with Crippen molar-refractivity contribution in [3.05, 3.63) is 11.8 Å². The largest absolute Gasteiger partial charge is 0.512 e. The van der Waals surface area contributed by atoms with E-state index in [0.29, 0.717) is 0 Å². The molecule has 0 rings (SSSR count). The Labute approximate surface area is 78.8 Å². The van der Waals surface area contributed by atoms with Crippen LogP contribution in [0.3, 0.4) is 0 Å². The summed E-state index contributed by atoms with van der Waals surface area (Å²) < 4.78 is 0. The fraction of sp³-hybridized carbons (Fsp3) is 0.667. The van der Waals surface area contributed by atoms with E-state index < -0.39 is 6.23 Å². The molecule has 76 valence electrons. The van der Waals surface area contributed by atoms with Crippen LogP contribution in [0.15, 0.2) is 16.8 Å². The molecular weight excluding hydrogens is 168 g/mol. The first kappa shape index (κ1) is 12.0. The molecule has 0 aliphatic rings. The molecule has 0 radical (unpaired) electrons. The number of rotatable bonds is 2. The van der Waals surface area contributed by atoms with Crippen LogP contribution < -0.4 is 5.73 Å². The molecular formula is C9H18N2O2. The Kier molecular flexibility index (Phi) is 3.94. The third kappa shape index (κ3) is 5.25. The molecule has 0 aliphatic heterocycles. The average Bonchev–Trinajstić information content (AvgIpc) is 1.82. The molecule has 0 aromatic rings. The maximum absolute atomic E-state index is 9.49. The summed E-state index contributed by atoms with van der Waals surface area (Å²) in [5, 5.41) is 18.3. The molecule has 0 aromatic carbocycles. The van der Waals surface area contributed by atoms with Gasteiger partial charge >= 0.3 is 0 Å². The van der Waals surface area contributed by atoms with E-state index in [4.69, 9.17) is 10.8 Å². The lowest BCUT2D eigenvalue weighted by molar-refractivity contribution is 0.205. The molecule has 4 N–H and O–H groups in total. The van der Waals surface area contributed by atoms with E-state index in [9.17, 15) is 5.11 Å². The molecule has 4 heteroatoms. The van der Waals surface area contributed by atoms with Gasteiger partial charge in [0.25, 0.3) is 0 Å². The first-order valence-corrected chi connectivity index (χ1v) is 4.16. The number of hydrogen-bond donors (Lipinski definition) is 3. The van der Waals surface area contributed by atoms with Crippen LogP contribution in [0, 0.1) is 5.41 Å². The first-order valence-electron chi connectivity index (χ1n) is 4.16. The van der Waals surface area contributed by atoms with Gasteiger partial charge < -0.3 is 15.9 Å². The van der Waals surface area contributed by atoms with Gasteiger partial charge in [-0.1, -0.05) is 20.8 Å². The quantitative estimate of drug-likeness (QED) is 0.344. The Bertz CT molecular complexity index is 224. The normalized spacial score (nSPS) is 17.3. The number of allylic oxidation sites excluding steroid dienone is 1. The molecule has 0 fully saturated rings. The smallest absolute Gasteiger partial charge is 0.144 e.